The molecule has 0 fully saturated rings. The lowest BCUT2D eigenvalue weighted by atomic mass is 10.1. The summed E-state index contributed by atoms with van der Waals surface area (Å²) in [4.78, 5) is 17.6. The second-order valence-electron chi connectivity index (χ2n) is 8.44. The standard InChI is InChI=1S/C30H26FN3O2/c1-2-36-26-13-6-10-22(18-26)23-14-16-28-33-30(21-8-4-3-5-9-21)27(34(28)20-23)15-17-29(35)32-25-12-7-11-24(31)19-25/h3-14,16,18-20H,2,15,17H2,1H3,(H,32,35). The van der Waals surface area contributed by atoms with Crippen molar-refractivity contribution in [1.82, 2.24) is 9.38 Å². The second kappa shape index (κ2) is 10.4. The number of anilines is 1. The van der Waals surface area contributed by atoms with Crippen LogP contribution < -0.4 is 10.1 Å². The van der Waals surface area contributed by atoms with Crippen LogP contribution in [0.2, 0.25) is 0 Å². The van der Waals surface area contributed by atoms with E-state index in [2.05, 4.69) is 15.9 Å². The molecule has 0 bridgehead atoms. The molecule has 2 aromatic heterocycles. The third kappa shape index (κ3) is 5.13. The molecule has 5 rings (SSSR count). The van der Waals surface area contributed by atoms with Crippen LogP contribution in [0.1, 0.15) is 19.0 Å². The zero-order valence-corrected chi connectivity index (χ0v) is 19.9. The van der Waals surface area contributed by atoms with Crippen LogP contribution in [0.3, 0.4) is 0 Å². The first kappa shape index (κ1) is 23.3. The number of fused-ring (bicyclic) bond motifs is 1. The second-order valence-corrected chi connectivity index (χ2v) is 8.44. The number of rotatable bonds is 8. The maximum atomic E-state index is 13.5. The summed E-state index contributed by atoms with van der Waals surface area (Å²) in [7, 11) is 0. The number of aryl methyl sites for hydroxylation is 1. The molecule has 0 saturated carbocycles. The molecule has 2 heterocycles. The molecule has 1 amide bonds. The van der Waals surface area contributed by atoms with Gasteiger partial charge in [-0.05, 0) is 66.9 Å². The highest BCUT2D eigenvalue weighted by molar-refractivity contribution is 5.91. The van der Waals surface area contributed by atoms with Gasteiger partial charge in [0, 0.05) is 23.9 Å². The van der Waals surface area contributed by atoms with Crippen molar-refractivity contribution < 1.29 is 13.9 Å². The number of pyridine rings is 1. The van der Waals surface area contributed by atoms with Crippen LogP contribution in [-0.2, 0) is 11.2 Å². The summed E-state index contributed by atoms with van der Waals surface area (Å²) >= 11 is 0. The Morgan fingerprint density at radius 2 is 1.72 bits per heavy atom. The minimum absolute atomic E-state index is 0.185. The predicted molar refractivity (Wildman–Crippen MR) is 141 cm³/mol. The Morgan fingerprint density at radius 3 is 2.53 bits per heavy atom. The molecule has 0 unspecified atom stereocenters. The number of ether oxygens (including phenoxy) is 1. The normalized spacial score (nSPS) is 10.9. The first-order valence-electron chi connectivity index (χ1n) is 12.0. The van der Waals surface area contributed by atoms with Crippen LogP contribution in [0, 0.1) is 5.82 Å². The van der Waals surface area contributed by atoms with E-state index in [9.17, 15) is 9.18 Å². The molecule has 180 valence electrons. The van der Waals surface area contributed by atoms with Crippen LogP contribution in [0.4, 0.5) is 10.1 Å². The number of halogens is 1. The quantitative estimate of drug-likeness (QED) is 0.267. The summed E-state index contributed by atoms with van der Waals surface area (Å²) in [5, 5.41) is 2.79. The number of hydrogen-bond donors (Lipinski definition) is 1. The van der Waals surface area contributed by atoms with Gasteiger partial charge in [-0.25, -0.2) is 9.37 Å². The van der Waals surface area contributed by atoms with Crippen molar-refractivity contribution in [2.75, 3.05) is 11.9 Å². The zero-order valence-electron chi connectivity index (χ0n) is 19.9. The van der Waals surface area contributed by atoms with E-state index in [0.717, 1.165) is 39.5 Å². The molecule has 6 heteroatoms. The van der Waals surface area contributed by atoms with Gasteiger partial charge < -0.3 is 14.5 Å². The van der Waals surface area contributed by atoms with Gasteiger partial charge >= 0.3 is 0 Å². The fourth-order valence-electron chi connectivity index (χ4n) is 4.28. The van der Waals surface area contributed by atoms with Crippen LogP contribution >= 0.6 is 0 Å². The van der Waals surface area contributed by atoms with Gasteiger partial charge in [0.25, 0.3) is 0 Å². The first-order valence-corrected chi connectivity index (χ1v) is 12.0. The third-order valence-corrected chi connectivity index (χ3v) is 5.94. The fourth-order valence-corrected chi connectivity index (χ4v) is 4.28. The van der Waals surface area contributed by atoms with Crippen molar-refractivity contribution in [3.8, 4) is 28.1 Å². The number of nitrogens with one attached hydrogen (secondary N) is 1. The molecule has 0 aliphatic rings. The minimum atomic E-state index is -0.387. The summed E-state index contributed by atoms with van der Waals surface area (Å²) in [5.41, 5.74) is 6.07. The highest BCUT2D eigenvalue weighted by atomic mass is 19.1. The maximum absolute atomic E-state index is 13.5. The maximum Gasteiger partial charge on any atom is 0.224 e. The van der Waals surface area contributed by atoms with Gasteiger partial charge in [0.1, 0.15) is 17.2 Å². The molecule has 0 spiro atoms. The predicted octanol–water partition coefficient (Wildman–Crippen LogP) is 6.78. The lowest BCUT2D eigenvalue weighted by molar-refractivity contribution is -0.116. The van der Waals surface area contributed by atoms with Gasteiger partial charge in [0.15, 0.2) is 0 Å². The van der Waals surface area contributed by atoms with E-state index < -0.39 is 0 Å². The largest absolute Gasteiger partial charge is 0.494 e. The number of carbonyl (C=O) groups excluding carboxylic acids is 1. The Morgan fingerprint density at radius 1 is 0.917 bits per heavy atom. The lowest BCUT2D eigenvalue weighted by Gasteiger charge is -2.10. The number of nitrogens with zero attached hydrogens (tertiary/aromatic N) is 2. The highest BCUT2D eigenvalue weighted by Gasteiger charge is 2.16. The molecule has 0 aliphatic carbocycles. The van der Waals surface area contributed by atoms with Crippen molar-refractivity contribution >= 4 is 17.2 Å². The highest BCUT2D eigenvalue weighted by Crippen LogP contribution is 2.29. The van der Waals surface area contributed by atoms with Crippen LogP contribution in [0.15, 0.2) is 97.2 Å². The smallest absolute Gasteiger partial charge is 0.224 e. The SMILES string of the molecule is CCOc1cccc(-c2ccc3nc(-c4ccccc4)c(CCC(=O)Nc4cccc(F)c4)n3c2)c1. The monoisotopic (exact) mass is 479 g/mol. The van der Waals surface area contributed by atoms with Crippen molar-refractivity contribution in [2.24, 2.45) is 0 Å². The van der Waals surface area contributed by atoms with Gasteiger partial charge in [-0.3, -0.25) is 4.79 Å². The third-order valence-electron chi connectivity index (χ3n) is 5.94. The number of aromatic nitrogens is 2. The van der Waals surface area contributed by atoms with E-state index in [0.29, 0.717) is 18.7 Å². The number of hydrogen-bond acceptors (Lipinski definition) is 3. The summed E-state index contributed by atoms with van der Waals surface area (Å²) < 4.78 is 21.2. The molecule has 0 aliphatic heterocycles. The van der Waals surface area contributed by atoms with Crippen molar-refractivity contribution in [1.29, 1.82) is 0 Å². The molecule has 0 atom stereocenters. The summed E-state index contributed by atoms with van der Waals surface area (Å²) in [5.74, 6) is 0.247. The molecule has 5 aromatic rings. The minimum Gasteiger partial charge on any atom is -0.494 e. The van der Waals surface area contributed by atoms with E-state index >= 15 is 0 Å². The number of imidazole rings is 1. The van der Waals surface area contributed by atoms with Crippen molar-refractivity contribution in [2.45, 2.75) is 19.8 Å². The van der Waals surface area contributed by atoms with Gasteiger partial charge in [-0.15, -0.1) is 0 Å². The Bertz CT molecular complexity index is 1510. The Hall–Kier alpha value is -4.45. The number of benzene rings is 3. The average Bonchev–Trinajstić information content (AvgIpc) is 3.26. The zero-order chi connectivity index (χ0) is 24.9. The number of amides is 1. The molecule has 36 heavy (non-hydrogen) atoms. The summed E-state index contributed by atoms with van der Waals surface area (Å²) in [6.07, 6.45) is 2.75. The van der Waals surface area contributed by atoms with Crippen LogP contribution in [0.25, 0.3) is 28.0 Å². The van der Waals surface area contributed by atoms with Crippen LogP contribution in [0.5, 0.6) is 5.75 Å². The lowest BCUT2D eigenvalue weighted by Crippen LogP contribution is -2.13. The molecule has 5 nitrogen and oxygen atoms in total. The molecular formula is C30H26FN3O2. The van der Waals surface area contributed by atoms with E-state index in [1.54, 1.807) is 12.1 Å². The Kier molecular flexibility index (Phi) is 6.76. The van der Waals surface area contributed by atoms with Crippen molar-refractivity contribution in [3.05, 3.63) is 109 Å². The van der Waals surface area contributed by atoms with Crippen LogP contribution in [-0.4, -0.2) is 21.9 Å². The topological polar surface area (TPSA) is 55.6 Å². The van der Waals surface area contributed by atoms with Gasteiger partial charge in [0.2, 0.25) is 5.91 Å². The summed E-state index contributed by atoms with van der Waals surface area (Å²) in [6, 6.07) is 27.9. The van der Waals surface area contributed by atoms with E-state index in [4.69, 9.17) is 9.72 Å². The average molecular weight is 480 g/mol. The van der Waals surface area contributed by atoms with Gasteiger partial charge in [-0.2, -0.15) is 0 Å². The molecule has 3 aromatic carbocycles. The first-order chi connectivity index (χ1) is 17.6. The fraction of sp³-hybridized carbons (Fsp3) is 0.133. The number of carbonyl (C=O) groups is 1. The molecule has 0 radical (unpaired) electrons. The molecule has 0 saturated heterocycles. The Labute approximate surface area is 209 Å². The Balaban J connectivity index is 1.49. The molecular weight excluding hydrogens is 453 g/mol. The van der Waals surface area contributed by atoms with E-state index in [1.807, 2.05) is 73.7 Å². The van der Waals surface area contributed by atoms with Gasteiger partial charge in [-0.1, -0.05) is 48.5 Å². The van der Waals surface area contributed by atoms with E-state index in [1.165, 1.54) is 12.1 Å². The van der Waals surface area contributed by atoms with E-state index in [-0.39, 0.29) is 18.1 Å². The van der Waals surface area contributed by atoms with Gasteiger partial charge in [0.05, 0.1) is 18.0 Å². The molecule has 1 N–H and O–H groups in total. The van der Waals surface area contributed by atoms with Crippen molar-refractivity contribution in [3.63, 3.8) is 0 Å². The summed E-state index contributed by atoms with van der Waals surface area (Å²) in [6.45, 7) is 2.57.